The molecule has 0 aromatic heterocycles. The van der Waals surface area contributed by atoms with Crippen LogP contribution >= 0.6 is 0 Å². The van der Waals surface area contributed by atoms with E-state index in [0.717, 1.165) is 12.8 Å². The number of carboxylic acid groups (broad SMARTS) is 2. The first-order valence-electron chi connectivity index (χ1n) is 5.93. The molecule has 0 amide bonds. The van der Waals surface area contributed by atoms with Crippen LogP contribution in [0.3, 0.4) is 0 Å². The summed E-state index contributed by atoms with van der Waals surface area (Å²) in [6.45, 7) is 4.11. The SMILES string of the molecule is CCCOC(=O)OCCC.O=C([O-])OCCOC(=O)O. The Morgan fingerprint density at radius 2 is 1.30 bits per heavy atom. The van der Waals surface area contributed by atoms with Gasteiger partial charge >= 0.3 is 12.3 Å². The summed E-state index contributed by atoms with van der Waals surface area (Å²) in [5.41, 5.74) is 0. The van der Waals surface area contributed by atoms with Gasteiger partial charge in [-0.15, -0.1) is 0 Å². The number of carbonyl (C=O) groups is 3. The van der Waals surface area contributed by atoms with Gasteiger partial charge in [0.2, 0.25) is 0 Å². The first-order chi connectivity index (χ1) is 9.43. The molecule has 0 heterocycles. The number of hydrogen-bond acceptors (Lipinski definition) is 8. The quantitative estimate of drug-likeness (QED) is 0.415. The molecule has 0 unspecified atom stereocenters. The van der Waals surface area contributed by atoms with Crippen LogP contribution in [0, 0.1) is 0 Å². The first-order valence-corrected chi connectivity index (χ1v) is 5.93. The Labute approximate surface area is 116 Å². The first kappa shape index (κ1) is 20.1. The van der Waals surface area contributed by atoms with Gasteiger partial charge in [0.25, 0.3) is 6.16 Å². The molecule has 0 aliphatic carbocycles. The summed E-state index contributed by atoms with van der Waals surface area (Å²) in [6, 6.07) is 0. The fourth-order valence-corrected chi connectivity index (χ4v) is 0.666. The third-order valence-electron chi connectivity index (χ3n) is 1.38. The standard InChI is InChI=1S/C7H14O3.C4H6O6/c1-3-5-9-7(8)10-6-4-2;5-3(6)9-1-2-10-4(7)8/h3-6H2,1-2H3;1-2H2,(H,5,6)(H,7,8)/p-1. The molecular weight excluding hydrogens is 276 g/mol. The minimum atomic E-state index is -1.70. The highest BCUT2D eigenvalue weighted by Gasteiger charge is 1.99. The molecule has 0 bridgehead atoms. The predicted octanol–water partition coefficient (Wildman–Crippen LogP) is 1.00. The molecule has 20 heavy (non-hydrogen) atoms. The molecule has 0 saturated heterocycles. The van der Waals surface area contributed by atoms with Crippen LogP contribution in [0.1, 0.15) is 26.7 Å². The minimum absolute atomic E-state index is 0.316. The summed E-state index contributed by atoms with van der Waals surface area (Å²) in [5.74, 6) is 0. The van der Waals surface area contributed by atoms with Crippen LogP contribution in [0.4, 0.5) is 14.4 Å². The maximum absolute atomic E-state index is 10.5. The van der Waals surface area contributed by atoms with E-state index in [0.29, 0.717) is 13.2 Å². The fraction of sp³-hybridized carbons (Fsp3) is 0.727. The van der Waals surface area contributed by atoms with Crippen LogP contribution in [-0.4, -0.2) is 50.0 Å². The van der Waals surface area contributed by atoms with Crippen molar-refractivity contribution in [3.8, 4) is 0 Å². The van der Waals surface area contributed by atoms with Crippen LogP contribution < -0.4 is 5.11 Å². The van der Waals surface area contributed by atoms with Crippen molar-refractivity contribution < 1.29 is 43.5 Å². The van der Waals surface area contributed by atoms with Crippen molar-refractivity contribution in [3.05, 3.63) is 0 Å². The van der Waals surface area contributed by atoms with Crippen molar-refractivity contribution in [2.24, 2.45) is 0 Å². The highest BCUT2D eigenvalue weighted by molar-refractivity contribution is 5.59. The maximum atomic E-state index is 10.5. The van der Waals surface area contributed by atoms with Gasteiger partial charge in [0.05, 0.1) is 19.8 Å². The monoisotopic (exact) mass is 295 g/mol. The normalized spacial score (nSPS) is 8.70. The Bertz CT molecular complexity index is 251. The van der Waals surface area contributed by atoms with Crippen molar-refractivity contribution in [1.29, 1.82) is 0 Å². The lowest BCUT2D eigenvalue weighted by atomic mass is 10.5. The Morgan fingerprint density at radius 1 is 0.850 bits per heavy atom. The molecule has 0 aliphatic rings. The zero-order chi connectivity index (χ0) is 15.8. The molecule has 1 N–H and O–H groups in total. The number of rotatable bonds is 7. The summed E-state index contributed by atoms with van der Waals surface area (Å²) in [4.78, 5) is 29.6. The number of hydrogen-bond donors (Lipinski definition) is 1. The van der Waals surface area contributed by atoms with E-state index in [4.69, 9.17) is 5.11 Å². The summed E-state index contributed by atoms with van der Waals surface area (Å²) >= 11 is 0. The zero-order valence-corrected chi connectivity index (χ0v) is 11.5. The van der Waals surface area contributed by atoms with Gasteiger partial charge in [-0.1, -0.05) is 13.8 Å². The zero-order valence-electron chi connectivity index (χ0n) is 11.5. The fourth-order valence-electron chi connectivity index (χ4n) is 0.666. The van der Waals surface area contributed by atoms with E-state index in [9.17, 15) is 19.5 Å². The van der Waals surface area contributed by atoms with Gasteiger partial charge in [0.1, 0.15) is 6.61 Å². The predicted molar refractivity (Wildman–Crippen MR) is 63.2 cm³/mol. The van der Waals surface area contributed by atoms with Gasteiger partial charge in [0, 0.05) is 0 Å². The van der Waals surface area contributed by atoms with Gasteiger partial charge in [-0.05, 0) is 12.8 Å². The van der Waals surface area contributed by atoms with Crippen molar-refractivity contribution >= 4 is 18.5 Å². The van der Waals surface area contributed by atoms with E-state index in [2.05, 4.69) is 18.9 Å². The molecule has 118 valence electrons. The van der Waals surface area contributed by atoms with Crippen molar-refractivity contribution in [2.75, 3.05) is 26.4 Å². The van der Waals surface area contributed by atoms with Crippen molar-refractivity contribution in [3.63, 3.8) is 0 Å². The second-order valence-electron chi connectivity index (χ2n) is 3.16. The van der Waals surface area contributed by atoms with Crippen LogP contribution in [0.5, 0.6) is 0 Å². The molecule has 9 heteroatoms. The molecule has 0 rings (SSSR count). The van der Waals surface area contributed by atoms with Crippen LogP contribution in [0.2, 0.25) is 0 Å². The lowest BCUT2D eigenvalue weighted by molar-refractivity contribution is -0.283. The van der Waals surface area contributed by atoms with Gasteiger partial charge in [-0.3, -0.25) is 0 Å². The smallest absolute Gasteiger partial charge is 0.508 e. The Balaban J connectivity index is 0. The highest BCUT2D eigenvalue weighted by Crippen LogP contribution is 1.88. The molecule has 0 atom stereocenters. The second kappa shape index (κ2) is 14.9. The molecule has 0 saturated carbocycles. The number of ether oxygens (including phenoxy) is 4. The Hall–Kier alpha value is -2.19. The van der Waals surface area contributed by atoms with Gasteiger partial charge in [-0.25, -0.2) is 9.59 Å². The van der Waals surface area contributed by atoms with Gasteiger partial charge in [0.15, 0.2) is 0 Å². The van der Waals surface area contributed by atoms with E-state index >= 15 is 0 Å². The Kier molecular flexibility index (Phi) is 15.0. The molecule has 0 aromatic rings. The minimum Gasteiger partial charge on any atom is -0.546 e. The largest absolute Gasteiger partial charge is 0.546 e. The lowest BCUT2D eigenvalue weighted by Crippen LogP contribution is -2.25. The van der Waals surface area contributed by atoms with Gasteiger partial charge < -0.3 is 34.0 Å². The molecule has 0 aliphatic heterocycles. The molecule has 0 aromatic carbocycles. The van der Waals surface area contributed by atoms with E-state index in [1.165, 1.54) is 0 Å². The third-order valence-corrected chi connectivity index (χ3v) is 1.38. The van der Waals surface area contributed by atoms with E-state index in [1.807, 2.05) is 13.8 Å². The van der Waals surface area contributed by atoms with E-state index in [-0.39, 0.29) is 13.2 Å². The molecular formula is C11H19O9-. The molecule has 0 radical (unpaired) electrons. The molecule has 0 fully saturated rings. The summed E-state index contributed by atoms with van der Waals surface area (Å²) in [7, 11) is 0. The maximum Gasteiger partial charge on any atom is 0.508 e. The average Bonchev–Trinajstić information content (AvgIpc) is 2.39. The summed E-state index contributed by atoms with van der Waals surface area (Å²) < 4.78 is 17.0. The van der Waals surface area contributed by atoms with E-state index in [1.54, 1.807) is 0 Å². The van der Waals surface area contributed by atoms with Crippen LogP contribution in [0.25, 0.3) is 0 Å². The van der Waals surface area contributed by atoms with Crippen molar-refractivity contribution in [2.45, 2.75) is 26.7 Å². The Morgan fingerprint density at radius 3 is 1.65 bits per heavy atom. The van der Waals surface area contributed by atoms with Gasteiger partial charge in [-0.2, -0.15) is 0 Å². The second-order valence-corrected chi connectivity index (χ2v) is 3.16. The summed E-state index contributed by atoms with van der Waals surface area (Å²) in [6.07, 6.45) is -2.05. The van der Waals surface area contributed by atoms with Crippen molar-refractivity contribution in [1.82, 2.24) is 0 Å². The van der Waals surface area contributed by atoms with Crippen LogP contribution in [-0.2, 0) is 18.9 Å². The lowest BCUT2D eigenvalue weighted by Gasteiger charge is -2.05. The topological polar surface area (TPSA) is 131 Å². The van der Waals surface area contributed by atoms with E-state index < -0.39 is 18.5 Å². The highest BCUT2D eigenvalue weighted by atomic mass is 16.7. The average molecular weight is 295 g/mol. The third kappa shape index (κ3) is 21.1. The molecule has 0 spiro atoms. The summed E-state index contributed by atoms with van der Waals surface area (Å²) in [5, 5.41) is 17.3. The van der Waals surface area contributed by atoms with Crippen LogP contribution in [0.15, 0.2) is 0 Å². The number of carbonyl (C=O) groups excluding carboxylic acids is 2. The molecule has 9 nitrogen and oxygen atoms in total.